The molecule has 1 rings (SSSR count). The first-order valence-electron chi connectivity index (χ1n) is 29.1. The number of nitrogens with zero attached hydrogens (tertiary/aromatic N) is 1. The van der Waals surface area contributed by atoms with Crippen LogP contribution in [0, 0.1) is 23.7 Å². The predicted octanol–water partition coefficient (Wildman–Crippen LogP) is -7.52. The first-order valence-corrected chi connectivity index (χ1v) is 29.1. The van der Waals surface area contributed by atoms with E-state index in [1.807, 2.05) is 5.32 Å². The van der Waals surface area contributed by atoms with E-state index in [-0.39, 0.29) is 38.1 Å². The quantitative estimate of drug-likeness (QED) is 0.0270. The lowest BCUT2D eigenvalue weighted by Gasteiger charge is -2.32. The molecule has 1 saturated heterocycles. The molecule has 1 fully saturated rings. The monoisotopic (exact) mass is 1270 g/mol. The third-order valence-electron chi connectivity index (χ3n) is 14.4. The van der Waals surface area contributed by atoms with Crippen LogP contribution in [0.1, 0.15) is 113 Å². The van der Waals surface area contributed by atoms with Crippen molar-refractivity contribution < 1.29 is 108 Å². The number of carbonyl (C=O) groups is 15. The number of likely N-dealkylation sites (tertiary alicyclic amines) is 1. The Kier molecular flexibility index (Phi) is 35.2. The van der Waals surface area contributed by atoms with Gasteiger partial charge >= 0.3 is 17.9 Å². The fourth-order valence-electron chi connectivity index (χ4n) is 8.76. The minimum absolute atomic E-state index is 0.00453. The number of carboxylic acid groups (broad SMARTS) is 3. The molecular formula is C54H91N13O22. The van der Waals surface area contributed by atoms with Gasteiger partial charge in [0, 0.05) is 19.4 Å². The van der Waals surface area contributed by atoms with Gasteiger partial charge in [-0.1, -0.05) is 68.2 Å². The SMILES string of the molecule is CC[C@H](C)[C@H](NC(=O)[C@@H](N)CO)C(=O)N[C@@H](CC(C)C)C(=O)N[C@@H](CO)C(=O)N[C@@H](CCC(=O)O)C(=O)N[C@@H](CCC(=O)O)C(=O)NCC(=O)N[C@H](C(=O)N1CCC[C@H]1C(=O)N[C@H](C(=O)N[C@@H](CO)C(=O)N[C@@H](CO)C(=O)NCC(=O)O)[C@@H](C)CC)C(C)C. The average molecular weight is 1270 g/mol. The van der Waals surface area contributed by atoms with Gasteiger partial charge in [-0.15, -0.1) is 0 Å². The van der Waals surface area contributed by atoms with Gasteiger partial charge in [0.25, 0.3) is 0 Å². The summed E-state index contributed by atoms with van der Waals surface area (Å²) >= 11 is 0. The van der Waals surface area contributed by atoms with Crippen molar-refractivity contribution in [1.29, 1.82) is 0 Å². The van der Waals surface area contributed by atoms with E-state index in [2.05, 4.69) is 53.2 Å². The summed E-state index contributed by atoms with van der Waals surface area (Å²) in [7, 11) is 0. The summed E-state index contributed by atoms with van der Waals surface area (Å²) in [5, 5.41) is 92.5. The molecule has 0 spiro atoms. The summed E-state index contributed by atoms with van der Waals surface area (Å²) in [6, 6.07) is -16.8. The van der Waals surface area contributed by atoms with Gasteiger partial charge in [0.2, 0.25) is 70.9 Å². The highest BCUT2D eigenvalue weighted by atomic mass is 16.4. The molecule has 0 bridgehead atoms. The van der Waals surface area contributed by atoms with Crippen molar-refractivity contribution in [3.05, 3.63) is 0 Å². The zero-order chi connectivity index (χ0) is 68.0. The van der Waals surface area contributed by atoms with E-state index in [0.717, 1.165) is 0 Å². The Bertz CT molecular complexity index is 2490. The Morgan fingerprint density at radius 2 is 0.865 bits per heavy atom. The lowest BCUT2D eigenvalue weighted by Crippen LogP contribution is -2.61. The van der Waals surface area contributed by atoms with E-state index < -0.39 is 238 Å². The minimum atomic E-state index is -1.86. The molecule has 0 aromatic carbocycles. The van der Waals surface area contributed by atoms with E-state index in [1.54, 1.807) is 55.4 Å². The summed E-state index contributed by atoms with van der Waals surface area (Å²) in [5.74, 6) is -18.5. The molecule has 0 aromatic rings. The third kappa shape index (κ3) is 27.0. The Balaban J connectivity index is 3.30. The minimum Gasteiger partial charge on any atom is -0.481 e. The maximum Gasteiger partial charge on any atom is 0.322 e. The first-order chi connectivity index (χ1) is 41.7. The normalized spacial score (nSPS) is 16.9. The average Bonchev–Trinajstić information content (AvgIpc) is 2.07. The van der Waals surface area contributed by atoms with Crippen LogP contribution in [0.25, 0.3) is 0 Å². The fourth-order valence-corrected chi connectivity index (χ4v) is 8.76. The molecule has 0 unspecified atom stereocenters. The van der Waals surface area contributed by atoms with Crippen LogP contribution in [0.3, 0.4) is 0 Å². The molecular weight excluding hydrogens is 1180 g/mol. The second-order valence-corrected chi connectivity index (χ2v) is 22.3. The molecule has 12 amide bonds. The Hall–Kier alpha value is -8.15. The van der Waals surface area contributed by atoms with Gasteiger partial charge in [-0.2, -0.15) is 0 Å². The summed E-state index contributed by atoms with van der Waals surface area (Å²) < 4.78 is 0. The fraction of sp³-hybridized carbons (Fsp3) is 0.722. The van der Waals surface area contributed by atoms with Crippen LogP contribution in [0.5, 0.6) is 0 Å². The largest absolute Gasteiger partial charge is 0.481 e. The summed E-state index contributed by atoms with van der Waals surface area (Å²) in [6.45, 7) is 7.57. The van der Waals surface area contributed by atoms with Crippen molar-refractivity contribution in [1.82, 2.24) is 63.4 Å². The Morgan fingerprint density at radius 3 is 1.30 bits per heavy atom. The van der Waals surface area contributed by atoms with Crippen LogP contribution in [-0.2, 0) is 71.9 Å². The molecule has 0 aliphatic carbocycles. The number of hydrogen-bond donors (Lipinski definition) is 19. The van der Waals surface area contributed by atoms with Gasteiger partial charge in [0.1, 0.15) is 73.0 Å². The van der Waals surface area contributed by atoms with Crippen LogP contribution in [0.4, 0.5) is 0 Å². The standard InChI is InChI=1S/C54H91N13O22/c1-9-27(7)42(65-44(79)29(55)21-68)52(87)60-32(18-25(3)4)48(83)62-34(23-70)49(84)59-31(14-16-39(75)76)47(82)58-30(13-15-38(73)74)45(80)56-19-37(72)64-41(26(5)6)54(89)67-17-11-12-36(67)51(86)66-43(28(8)10-2)53(88)63-35(24-71)50(85)61-33(22-69)46(81)57-20-40(77)78/h25-36,41-43,68-71H,9-24,55H2,1-8H3,(H,56,80)(H,57,81)(H,58,82)(H,59,84)(H,60,87)(H,61,85)(H,62,83)(H,63,88)(H,64,72)(H,65,79)(H,66,86)(H,73,74)(H,75,76)(H,77,78)/t27-,28-,29-,30-,31-,32-,33-,34-,35-,36-,41-,42-,43-/m0/s1. The number of nitrogens with one attached hydrogen (secondary N) is 11. The number of aliphatic carboxylic acids is 3. The molecule has 0 aromatic heterocycles. The molecule has 20 N–H and O–H groups in total. The van der Waals surface area contributed by atoms with E-state index in [9.17, 15) is 103 Å². The van der Waals surface area contributed by atoms with E-state index in [1.165, 1.54) is 4.90 Å². The number of aliphatic hydroxyl groups is 4. The van der Waals surface area contributed by atoms with Gasteiger partial charge in [0.05, 0.1) is 33.0 Å². The summed E-state index contributed by atoms with van der Waals surface area (Å²) in [5.41, 5.74) is 5.62. The molecule has 0 saturated carbocycles. The molecule has 1 heterocycles. The van der Waals surface area contributed by atoms with E-state index >= 15 is 0 Å². The number of amides is 12. The van der Waals surface area contributed by atoms with Crippen LogP contribution >= 0.6 is 0 Å². The summed E-state index contributed by atoms with van der Waals surface area (Å²) in [6.07, 6.45) is -1.84. The number of hydrogen-bond acceptors (Lipinski definition) is 20. The van der Waals surface area contributed by atoms with Crippen LogP contribution in [-0.4, -0.2) is 242 Å². The van der Waals surface area contributed by atoms with Gasteiger partial charge < -0.3 is 105 Å². The molecule has 35 heteroatoms. The second kappa shape index (κ2) is 39.7. The van der Waals surface area contributed by atoms with Crippen LogP contribution < -0.4 is 64.2 Å². The second-order valence-electron chi connectivity index (χ2n) is 22.3. The number of carboxylic acids is 3. The lowest BCUT2D eigenvalue weighted by atomic mass is 9.96. The maximum atomic E-state index is 14.2. The Labute approximate surface area is 513 Å². The highest BCUT2D eigenvalue weighted by Gasteiger charge is 2.42. The molecule has 1 aliphatic heterocycles. The maximum absolute atomic E-state index is 14.2. The van der Waals surface area contributed by atoms with Gasteiger partial charge in [-0.3, -0.25) is 71.9 Å². The topological polar surface area (TPSA) is 559 Å². The zero-order valence-electron chi connectivity index (χ0n) is 51.3. The van der Waals surface area contributed by atoms with Crippen molar-refractivity contribution in [2.45, 2.75) is 180 Å². The molecule has 1 aliphatic rings. The lowest BCUT2D eigenvalue weighted by molar-refractivity contribution is -0.143. The van der Waals surface area contributed by atoms with Gasteiger partial charge in [-0.25, -0.2) is 0 Å². The molecule has 13 atom stereocenters. The highest BCUT2D eigenvalue weighted by Crippen LogP contribution is 2.22. The molecule has 89 heavy (non-hydrogen) atoms. The number of nitrogens with two attached hydrogens (primary N) is 1. The van der Waals surface area contributed by atoms with Gasteiger partial charge in [0.15, 0.2) is 0 Å². The highest BCUT2D eigenvalue weighted by molar-refractivity contribution is 5.99. The number of aliphatic hydroxyl groups excluding tert-OH is 4. The van der Waals surface area contributed by atoms with Gasteiger partial charge in [-0.05, 0) is 55.8 Å². The first kappa shape index (κ1) is 78.9. The molecule has 0 radical (unpaired) electrons. The van der Waals surface area contributed by atoms with Crippen LogP contribution in [0.15, 0.2) is 0 Å². The van der Waals surface area contributed by atoms with Crippen LogP contribution in [0.2, 0.25) is 0 Å². The Morgan fingerprint density at radius 1 is 0.461 bits per heavy atom. The summed E-state index contributed by atoms with van der Waals surface area (Å²) in [4.78, 5) is 197. The number of carbonyl (C=O) groups excluding carboxylic acids is 12. The van der Waals surface area contributed by atoms with Crippen molar-refractivity contribution >= 4 is 88.8 Å². The molecule has 504 valence electrons. The predicted molar refractivity (Wildman–Crippen MR) is 309 cm³/mol. The smallest absolute Gasteiger partial charge is 0.322 e. The van der Waals surface area contributed by atoms with Crippen molar-refractivity contribution in [3.8, 4) is 0 Å². The third-order valence-corrected chi connectivity index (χ3v) is 14.4. The van der Waals surface area contributed by atoms with E-state index in [0.29, 0.717) is 6.42 Å². The van der Waals surface area contributed by atoms with Crippen molar-refractivity contribution in [3.63, 3.8) is 0 Å². The van der Waals surface area contributed by atoms with Crippen molar-refractivity contribution in [2.24, 2.45) is 29.4 Å². The van der Waals surface area contributed by atoms with Crippen molar-refractivity contribution in [2.75, 3.05) is 46.1 Å². The zero-order valence-corrected chi connectivity index (χ0v) is 51.3. The number of rotatable bonds is 41. The van der Waals surface area contributed by atoms with E-state index in [4.69, 9.17) is 10.8 Å². The molecule has 35 nitrogen and oxygen atoms in total.